The van der Waals surface area contributed by atoms with Gasteiger partial charge in [0.05, 0.1) is 0 Å². The summed E-state index contributed by atoms with van der Waals surface area (Å²) in [6, 6.07) is 31.4. The molecule has 1 atom stereocenters. The van der Waals surface area contributed by atoms with Crippen molar-refractivity contribution >= 4 is 34.3 Å². The summed E-state index contributed by atoms with van der Waals surface area (Å²) >= 11 is 0. The SMILES string of the molecule is BC(c1ccccc1CP(c1ccccc1)c1ccccc1)P(C(C)(C)C)C(C)(C)C. The summed E-state index contributed by atoms with van der Waals surface area (Å²) < 4.78 is 0. The monoisotopic (exact) mass is 446 g/mol. The highest BCUT2D eigenvalue weighted by Crippen LogP contribution is 2.67. The van der Waals surface area contributed by atoms with E-state index in [1.807, 2.05) is 0 Å². The molecule has 0 aromatic heterocycles. The summed E-state index contributed by atoms with van der Waals surface area (Å²) in [5.41, 5.74) is 3.64. The van der Waals surface area contributed by atoms with E-state index < -0.39 is 7.92 Å². The van der Waals surface area contributed by atoms with Crippen LogP contribution < -0.4 is 10.6 Å². The van der Waals surface area contributed by atoms with Crippen molar-refractivity contribution in [2.75, 3.05) is 0 Å². The minimum atomic E-state index is -0.436. The van der Waals surface area contributed by atoms with Gasteiger partial charge >= 0.3 is 0 Å². The summed E-state index contributed by atoms with van der Waals surface area (Å²) in [7, 11) is 1.82. The largest absolute Gasteiger partial charge is 0.116 e. The van der Waals surface area contributed by atoms with Crippen molar-refractivity contribution in [3.8, 4) is 0 Å². The number of rotatable bonds is 6. The molecular formula is C28H37BP2. The smallest absolute Gasteiger partial charge is 0.0963 e. The molecule has 0 radical (unpaired) electrons. The molecule has 3 heteroatoms. The number of hydrogen-bond acceptors (Lipinski definition) is 0. The summed E-state index contributed by atoms with van der Waals surface area (Å²) in [5.74, 6) is 0. The Morgan fingerprint density at radius 2 is 1.06 bits per heavy atom. The second-order valence-corrected chi connectivity index (χ2v) is 16.7. The molecule has 0 saturated heterocycles. The molecule has 0 amide bonds. The van der Waals surface area contributed by atoms with Gasteiger partial charge in [0.2, 0.25) is 0 Å². The Hall–Kier alpha value is -1.42. The zero-order valence-electron chi connectivity index (χ0n) is 20.3. The van der Waals surface area contributed by atoms with Crippen LogP contribution in [0.15, 0.2) is 84.9 Å². The molecule has 0 aliphatic carbocycles. The molecule has 3 aromatic carbocycles. The van der Waals surface area contributed by atoms with Crippen LogP contribution in [-0.2, 0) is 6.16 Å². The van der Waals surface area contributed by atoms with Gasteiger partial charge in [-0.3, -0.25) is 0 Å². The van der Waals surface area contributed by atoms with Crippen molar-refractivity contribution in [1.82, 2.24) is 0 Å². The van der Waals surface area contributed by atoms with Gasteiger partial charge in [-0.25, -0.2) is 0 Å². The molecule has 0 heterocycles. The van der Waals surface area contributed by atoms with E-state index in [1.54, 1.807) is 5.56 Å². The van der Waals surface area contributed by atoms with E-state index in [4.69, 9.17) is 0 Å². The molecule has 31 heavy (non-hydrogen) atoms. The van der Waals surface area contributed by atoms with Crippen LogP contribution in [0.3, 0.4) is 0 Å². The fraction of sp³-hybridized carbons (Fsp3) is 0.357. The standard InChI is InChI=1S/C28H37BP2/c1-27(2,3)31(28(4,5)6)26(29)25-20-14-13-15-22(25)21-30(23-16-9-7-10-17-23)24-18-11-8-12-19-24/h7-20,26H,21,29H2,1-6H3. The molecule has 0 fully saturated rings. The molecule has 3 rings (SSSR count). The molecule has 0 saturated carbocycles. The van der Waals surface area contributed by atoms with Gasteiger partial charge in [-0.15, -0.1) is 0 Å². The highest BCUT2D eigenvalue weighted by molar-refractivity contribution is 7.72. The predicted octanol–water partition coefficient (Wildman–Crippen LogP) is 7.03. The maximum Gasteiger partial charge on any atom is 0.116 e. The van der Waals surface area contributed by atoms with E-state index >= 15 is 0 Å². The zero-order valence-corrected chi connectivity index (χ0v) is 22.1. The molecular weight excluding hydrogens is 409 g/mol. The zero-order chi connectivity index (χ0) is 22.6. The van der Waals surface area contributed by atoms with Crippen LogP contribution in [0.4, 0.5) is 0 Å². The first-order chi connectivity index (χ1) is 14.6. The van der Waals surface area contributed by atoms with Crippen molar-refractivity contribution in [2.24, 2.45) is 0 Å². The van der Waals surface area contributed by atoms with E-state index in [-0.39, 0.29) is 7.92 Å². The normalized spacial score (nSPS) is 13.5. The average Bonchev–Trinajstić information content (AvgIpc) is 2.71. The quantitative estimate of drug-likeness (QED) is 0.282. The third-order valence-electron chi connectivity index (χ3n) is 5.80. The van der Waals surface area contributed by atoms with E-state index in [0.717, 1.165) is 6.16 Å². The lowest BCUT2D eigenvalue weighted by Gasteiger charge is -2.46. The third kappa shape index (κ3) is 6.09. The Morgan fingerprint density at radius 1 is 0.645 bits per heavy atom. The fourth-order valence-electron chi connectivity index (χ4n) is 5.11. The summed E-state index contributed by atoms with van der Waals surface area (Å²) in [6.45, 7) is 14.6. The van der Waals surface area contributed by atoms with Crippen molar-refractivity contribution in [2.45, 2.75) is 63.6 Å². The lowest BCUT2D eigenvalue weighted by Crippen LogP contribution is -2.29. The molecule has 0 spiro atoms. The summed E-state index contributed by atoms with van der Waals surface area (Å²) in [6.07, 6.45) is 1.10. The fourth-order valence-corrected chi connectivity index (χ4v) is 12.3. The van der Waals surface area contributed by atoms with Gasteiger partial charge in [-0.05, 0) is 45.5 Å². The maximum atomic E-state index is 2.48. The minimum absolute atomic E-state index is 0.223. The number of hydrogen-bond donors (Lipinski definition) is 0. The van der Waals surface area contributed by atoms with Crippen LogP contribution in [0.5, 0.6) is 0 Å². The van der Waals surface area contributed by atoms with Gasteiger partial charge in [0, 0.05) is 6.16 Å². The third-order valence-corrected chi connectivity index (χ3v) is 12.2. The first kappa shape index (κ1) is 24.2. The predicted molar refractivity (Wildman–Crippen MR) is 147 cm³/mol. The van der Waals surface area contributed by atoms with Crippen LogP contribution in [0.25, 0.3) is 0 Å². The van der Waals surface area contributed by atoms with Crippen LogP contribution >= 0.6 is 15.8 Å². The van der Waals surface area contributed by atoms with E-state index in [9.17, 15) is 0 Å². The summed E-state index contributed by atoms with van der Waals surface area (Å²) in [5, 5.41) is 3.54. The molecule has 0 aliphatic heterocycles. The first-order valence-corrected chi connectivity index (χ1v) is 14.3. The Balaban J connectivity index is 2.04. The highest BCUT2D eigenvalue weighted by atomic mass is 31.1. The first-order valence-electron chi connectivity index (χ1n) is 11.3. The molecule has 0 nitrogen and oxygen atoms in total. The van der Waals surface area contributed by atoms with E-state index in [0.29, 0.717) is 15.9 Å². The van der Waals surface area contributed by atoms with Crippen molar-refractivity contribution < 1.29 is 0 Å². The molecule has 0 aliphatic rings. The van der Waals surface area contributed by atoms with Crippen LogP contribution in [0.1, 0.15) is 58.2 Å². The van der Waals surface area contributed by atoms with Gasteiger partial charge in [-0.1, -0.05) is 134 Å². The lowest BCUT2D eigenvalue weighted by molar-refractivity contribution is 0.700. The van der Waals surface area contributed by atoms with E-state index in [1.165, 1.54) is 16.2 Å². The van der Waals surface area contributed by atoms with Crippen LogP contribution in [0, 0.1) is 0 Å². The Morgan fingerprint density at radius 3 is 1.52 bits per heavy atom. The average molecular weight is 446 g/mol. The van der Waals surface area contributed by atoms with Crippen molar-refractivity contribution in [1.29, 1.82) is 0 Å². The Bertz CT molecular complexity index is 902. The Labute approximate surface area is 193 Å². The molecule has 0 N–H and O–H groups in total. The Kier molecular flexibility index (Phi) is 7.83. The van der Waals surface area contributed by atoms with Gasteiger partial charge < -0.3 is 0 Å². The van der Waals surface area contributed by atoms with Crippen molar-refractivity contribution in [3.63, 3.8) is 0 Å². The van der Waals surface area contributed by atoms with Gasteiger partial charge in [0.25, 0.3) is 0 Å². The molecule has 0 bridgehead atoms. The number of benzene rings is 3. The summed E-state index contributed by atoms with van der Waals surface area (Å²) in [4.78, 5) is 0. The van der Waals surface area contributed by atoms with Gasteiger partial charge in [-0.2, -0.15) is 0 Å². The second-order valence-electron chi connectivity index (χ2n) is 10.3. The lowest BCUT2D eigenvalue weighted by atomic mass is 9.92. The van der Waals surface area contributed by atoms with Crippen molar-refractivity contribution in [3.05, 3.63) is 96.1 Å². The van der Waals surface area contributed by atoms with Crippen LogP contribution in [0.2, 0.25) is 0 Å². The molecule has 1 unspecified atom stereocenters. The molecule has 162 valence electrons. The second kappa shape index (κ2) is 10.0. The van der Waals surface area contributed by atoms with E-state index in [2.05, 4.69) is 134 Å². The van der Waals surface area contributed by atoms with Crippen LogP contribution in [-0.4, -0.2) is 18.2 Å². The topological polar surface area (TPSA) is 0 Å². The minimum Gasteiger partial charge on any atom is -0.0963 e. The molecule has 3 aromatic rings. The van der Waals surface area contributed by atoms with Gasteiger partial charge in [0.1, 0.15) is 7.85 Å². The maximum absolute atomic E-state index is 2.48. The van der Waals surface area contributed by atoms with Gasteiger partial charge in [0.15, 0.2) is 0 Å². The highest BCUT2D eigenvalue weighted by Gasteiger charge is 2.39.